The highest BCUT2D eigenvalue weighted by molar-refractivity contribution is 7.89. The van der Waals surface area contributed by atoms with Crippen LogP contribution in [-0.2, 0) is 14.8 Å². The molecule has 2 aliphatic heterocycles. The van der Waals surface area contributed by atoms with Gasteiger partial charge in [-0.1, -0.05) is 6.07 Å². The van der Waals surface area contributed by atoms with Gasteiger partial charge in [0.15, 0.2) is 0 Å². The van der Waals surface area contributed by atoms with Gasteiger partial charge in [-0.15, -0.1) is 12.4 Å². The van der Waals surface area contributed by atoms with Crippen LogP contribution in [-0.4, -0.2) is 69.0 Å². The number of benzene rings is 1. The third-order valence-corrected chi connectivity index (χ3v) is 7.32. The van der Waals surface area contributed by atoms with Crippen molar-refractivity contribution < 1.29 is 17.9 Å². The van der Waals surface area contributed by atoms with Gasteiger partial charge in [-0.3, -0.25) is 4.79 Å². The number of ether oxygens (including phenoxy) is 1. The van der Waals surface area contributed by atoms with Crippen LogP contribution >= 0.6 is 12.4 Å². The predicted molar refractivity (Wildman–Crippen MR) is 106 cm³/mol. The summed E-state index contributed by atoms with van der Waals surface area (Å²) in [6.45, 7) is 6.39. The number of morpholine rings is 1. The van der Waals surface area contributed by atoms with Crippen molar-refractivity contribution in [2.75, 3.05) is 39.4 Å². The lowest BCUT2D eigenvalue weighted by molar-refractivity contribution is 0.0728. The zero-order valence-corrected chi connectivity index (χ0v) is 17.4. The van der Waals surface area contributed by atoms with E-state index in [9.17, 15) is 13.2 Å². The van der Waals surface area contributed by atoms with Crippen LogP contribution in [0.4, 0.5) is 0 Å². The van der Waals surface area contributed by atoms with Crippen molar-refractivity contribution in [3.05, 3.63) is 29.3 Å². The number of likely N-dealkylation sites (tertiary alicyclic amines) is 1. The number of sulfonamides is 1. The minimum atomic E-state index is -3.64. The van der Waals surface area contributed by atoms with Gasteiger partial charge in [0.05, 0.1) is 18.1 Å². The van der Waals surface area contributed by atoms with Crippen molar-refractivity contribution in [3.8, 4) is 0 Å². The Morgan fingerprint density at radius 3 is 2.56 bits per heavy atom. The Morgan fingerprint density at radius 1 is 1.30 bits per heavy atom. The van der Waals surface area contributed by atoms with Gasteiger partial charge in [0, 0.05) is 31.2 Å². The van der Waals surface area contributed by atoms with Gasteiger partial charge in [-0.2, -0.15) is 4.31 Å². The van der Waals surface area contributed by atoms with Gasteiger partial charge in [0.1, 0.15) is 0 Å². The smallest absolute Gasteiger partial charge is 0.254 e. The Hall–Kier alpha value is -1.19. The first-order valence-electron chi connectivity index (χ1n) is 9.04. The largest absolute Gasteiger partial charge is 0.379 e. The number of hydrogen-bond donors (Lipinski definition) is 1. The number of carbonyl (C=O) groups is 1. The van der Waals surface area contributed by atoms with Crippen LogP contribution in [0.25, 0.3) is 0 Å². The molecule has 2 aliphatic rings. The van der Waals surface area contributed by atoms with E-state index in [0.717, 1.165) is 6.42 Å². The van der Waals surface area contributed by atoms with Crippen molar-refractivity contribution in [2.24, 2.45) is 11.7 Å². The highest BCUT2D eigenvalue weighted by Crippen LogP contribution is 2.27. The molecule has 0 spiro atoms. The second kappa shape index (κ2) is 8.87. The zero-order chi connectivity index (χ0) is 18.9. The first-order valence-corrected chi connectivity index (χ1v) is 10.5. The summed E-state index contributed by atoms with van der Waals surface area (Å²) in [4.78, 5) is 14.9. The average Bonchev–Trinajstić information content (AvgIpc) is 3.03. The number of halogens is 1. The zero-order valence-electron chi connectivity index (χ0n) is 15.8. The van der Waals surface area contributed by atoms with Crippen LogP contribution in [0.15, 0.2) is 23.1 Å². The minimum Gasteiger partial charge on any atom is -0.379 e. The molecule has 0 bridgehead atoms. The first kappa shape index (κ1) is 22.1. The van der Waals surface area contributed by atoms with Crippen molar-refractivity contribution in [3.63, 3.8) is 0 Å². The topological polar surface area (TPSA) is 92.9 Å². The van der Waals surface area contributed by atoms with Gasteiger partial charge < -0.3 is 15.4 Å². The summed E-state index contributed by atoms with van der Waals surface area (Å²) >= 11 is 0. The second-order valence-electron chi connectivity index (χ2n) is 7.14. The van der Waals surface area contributed by atoms with Gasteiger partial charge in [0.25, 0.3) is 5.91 Å². The molecule has 9 heteroatoms. The number of amides is 1. The molecule has 1 aromatic carbocycles. The molecule has 152 valence electrons. The molecule has 2 N–H and O–H groups in total. The molecule has 2 heterocycles. The summed E-state index contributed by atoms with van der Waals surface area (Å²) in [5.41, 5.74) is 6.80. The summed E-state index contributed by atoms with van der Waals surface area (Å²) < 4.78 is 32.7. The monoisotopic (exact) mass is 417 g/mol. The molecule has 1 aromatic rings. The fourth-order valence-corrected chi connectivity index (χ4v) is 5.36. The van der Waals surface area contributed by atoms with E-state index in [-0.39, 0.29) is 29.3 Å². The third kappa shape index (κ3) is 4.46. The van der Waals surface area contributed by atoms with E-state index >= 15 is 0 Å². The van der Waals surface area contributed by atoms with Crippen molar-refractivity contribution in [2.45, 2.75) is 31.2 Å². The van der Waals surface area contributed by atoms with E-state index in [4.69, 9.17) is 10.5 Å². The second-order valence-corrected chi connectivity index (χ2v) is 9.05. The van der Waals surface area contributed by atoms with E-state index in [1.54, 1.807) is 24.0 Å². The van der Waals surface area contributed by atoms with Crippen LogP contribution in [0, 0.1) is 12.8 Å². The summed E-state index contributed by atoms with van der Waals surface area (Å²) in [6, 6.07) is 5.04. The summed E-state index contributed by atoms with van der Waals surface area (Å²) in [7, 11) is -3.64. The van der Waals surface area contributed by atoms with E-state index < -0.39 is 10.0 Å². The van der Waals surface area contributed by atoms with Crippen LogP contribution in [0.5, 0.6) is 0 Å². The SMILES string of the molecule is Cc1ccc(C(=O)N2CC(CN)CC2C)cc1S(=O)(=O)N1CCOCC1.Cl. The van der Waals surface area contributed by atoms with Crippen molar-refractivity contribution >= 4 is 28.3 Å². The van der Waals surface area contributed by atoms with Crippen LogP contribution in [0.3, 0.4) is 0 Å². The molecule has 7 nitrogen and oxygen atoms in total. The first-order chi connectivity index (χ1) is 12.3. The Morgan fingerprint density at radius 2 is 1.96 bits per heavy atom. The molecule has 2 atom stereocenters. The van der Waals surface area contributed by atoms with Gasteiger partial charge in [-0.05, 0) is 50.4 Å². The number of nitrogens with zero attached hydrogens (tertiary/aromatic N) is 2. The molecule has 2 unspecified atom stereocenters. The maximum Gasteiger partial charge on any atom is 0.254 e. The lowest BCUT2D eigenvalue weighted by Gasteiger charge is -2.27. The Labute approximate surface area is 167 Å². The van der Waals surface area contributed by atoms with E-state index in [1.165, 1.54) is 10.4 Å². The van der Waals surface area contributed by atoms with Crippen LogP contribution in [0.1, 0.15) is 29.3 Å². The molecular formula is C18H28ClN3O4S. The molecule has 2 saturated heterocycles. The number of aryl methyl sites for hydroxylation is 1. The molecule has 0 aliphatic carbocycles. The van der Waals surface area contributed by atoms with Gasteiger partial charge in [-0.25, -0.2) is 8.42 Å². The van der Waals surface area contributed by atoms with E-state index in [1.807, 2.05) is 6.92 Å². The van der Waals surface area contributed by atoms with Crippen LogP contribution < -0.4 is 5.73 Å². The molecule has 0 aromatic heterocycles. The highest BCUT2D eigenvalue weighted by Gasteiger charge is 2.33. The summed E-state index contributed by atoms with van der Waals surface area (Å²) in [6.07, 6.45) is 0.882. The quantitative estimate of drug-likeness (QED) is 0.795. The molecule has 0 saturated carbocycles. The molecular weight excluding hydrogens is 390 g/mol. The standard InChI is InChI=1S/C18H27N3O4S.ClH/c1-13-3-4-16(18(22)21-12-15(11-19)9-14(21)2)10-17(13)26(23,24)20-5-7-25-8-6-20;/h3-4,10,14-15H,5-9,11-12,19H2,1-2H3;1H. The van der Waals surface area contributed by atoms with Crippen molar-refractivity contribution in [1.29, 1.82) is 0 Å². The maximum absolute atomic E-state index is 13.0. The normalized spacial score (nSPS) is 23.9. The number of carbonyl (C=O) groups excluding carboxylic acids is 1. The molecule has 27 heavy (non-hydrogen) atoms. The highest BCUT2D eigenvalue weighted by atomic mass is 35.5. The Kier molecular flexibility index (Phi) is 7.27. The van der Waals surface area contributed by atoms with Gasteiger partial charge >= 0.3 is 0 Å². The number of nitrogens with two attached hydrogens (primary N) is 1. The summed E-state index contributed by atoms with van der Waals surface area (Å²) in [5, 5.41) is 0. The van der Waals surface area contributed by atoms with E-state index in [2.05, 4.69) is 0 Å². The molecule has 1 amide bonds. The van der Waals surface area contributed by atoms with Crippen molar-refractivity contribution in [1.82, 2.24) is 9.21 Å². The average molecular weight is 418 g/mol. The predicted octanol–water partition coefficient (Wildman–Crippen LogP) is 1.25. The third-order valence-electron chi connectivity index (χ3n) is 5.28. The lowest BCUT2D eigenvalue weighted by Crippen LogP contribution is -2.41. The van der Waals surface area contributed by atoms with E-state index in [0.29, 0.717) is 56.4 Å². The van der Waals surface area contributed by atoms with Gasteiger partial charge in [0.2, 0.25) is 10.0 Å². The fraction of sp³-hybridized carbons (Fsp3) is 0.611. The molecule has 2 fully saturated rings. The Bertz CT molecular complexity index is 781. The van der Waals surface area contributed by atoms with Crippen LogP contribution in [0.2, 0.25) is 0 Å². The summed E-state index contributed by atoms with van der Waals surface area (Å²) in [5.74, 6) is 0.169. The minimum absolute atomic E-state index is 0. The fourth-order valence-electron chi connectivity index (χ4n) is 3.70. The number of rotatable bonds is 4. The number of hydrogen-bond acceptors (Lipinski definition) is 5. The molecule has 3 rings (SSSR count). The molecule has 0 radical (unpaired) electrons. The Balaban J connectivity index is 0.00000261. The lowest BCUT2D eigenvalue weighted by atomic mass is 10.1. The maximum atomic E-state index is 13.0.